The second-order valence-electron chi connectivity index (χ2n) is 2.82. The fourth-order valence-electron chi connectivity index (χ4n) is 1.02. The molecule has 0 spiro atoms. The first-order chi connectivity index (χ1) is 6.84. The second kappa shape index (κ2) is 6.56. The minimum Gasteiger partial charge on any atom is -0.385 e. The molecule has 1 aromatic rings. The van der Waals surface area contributed by atoms with Crippen molar-refractivity contribution in [2.75, 3.05) is 25.6 Å². The lowest BCUT2D eigenvalue weighted by molar-refractivity contribution is 0.194. The molecule has 1 N–H and O–H groups in total. The lowest BCUT2D eigenvalue weighted by Gasteiger charge is -2.05. The molecule has 14 heavy (non-hydrogen) atoms. The highest BCUT2D eigenvalue weighted by atomic mass is 35.5. The van der Waals surface area contributed by atoms with E-state index in [4.69, 9.17) is 16.3 Å². The van der Waals surface area contributed by atoms with Crippen LogP contribution in [0.25, 0.3) is 0 Å². The third-order valence-electron chi connectivity index (χ3n) is 1.72. The van der Waals surface area contributed by atoms with E-state index in [-0.39, 0.29) is 0 Å². The van der Waals surface area contributed by atoms with Gasteiger partial charge in [0.1, 0.15) is 0 Å². The highest BCUT2D eigenvalue weighted by Gasteiger charge is 1.99. The van der Waals surface area contributed by atoms with Crippen LogP contribution < -0.4 is 5.32 Å². The van der Waals surface area contributed by atoms with Crippen LogP contribution >= 0.6 is 11.6 Å². The summed E-state index contributed by atoms with van der Waals surface area (Å²) in [5.41, 5.74) is 0. The molecular weight excluding hydrogens is 202 g/mol. The van der Waals surface area contributed by atoms with Gasteiger partial charge in [-0.3, -0.25) is 0 Å². The number of methoxy groups -OCH3 is 1. The number of rotatable bonds is 6. The van der Waals surface area contributed by atoms with Gasteiger partial charge in [-0.15, -0.1) is 0 Å². The molecule has 1 rings (SSSR count). The number of nitrogens with one attached hydrogen (secondary N) is 1. The number of ether oxygens (including phenoxy) is 1. The summed E-state index contributed by atoms with van der Waals surface area (Å²) in [7, 11) is 1.70. The molecule has 0 saturated carbocycles. The van der Waals surface area contributed by atoms with Crippen LogP contribution in [-0.4, -0.2) is 30.2 Å². The molecule has 78 valence electrons. The van der Waals surface area contributed by atoms with Crippen LogP contribution in [0.1, 0.15) is 12.8 Å². The first-order valence-corrected chi connectivity index (χ1v) is 4.91. The molecule has 0 atom stereocenters. The fraction of sp³-hybridized carbons (Fsp3) is 0.556. The van der Waals surface area contributed by atoms with Crippen LogP contribution in [0, 0.1) is 0 Å². The van der Waals surface area contributed by atoms with Gasteiger partial charge < -0.3 is 10.1 Å². The van der Waals surface area contributed by atoms with E-state index in [9.17, 15) is 0 Å². The van der Waals surface area contributed by atoms with Crippen LogP contribution in [0.4, 0.5) is 5.82 Å². The maximum atomic E-state index is 5.80. The summed E-state index contributed by atoms with van der Waals surface area (Å²) in [6.45, 7) is 1.62. The smallest absolute Gasteiger partial charge is 0.171 e. The Balaban J connectivity index is 2.21. The Kier molecular flexibility index (Phi) is 5.25. The summed E-state index contributed by atoms with van der Waals surface area (Å²) in [6.07, 6.45) is 5.24. The SMILES string of the molecule is COCCCCNc1nccnc1Cl. The quantitative estimate of drug-likeness (QED) is 0.738. The summed E-state index contributed by atoms with van der Waals surface area (Å²) in [4.78, 5) is 7.97. The predicted molar refractivity (Wildman–Crippen MR) is 56.6 cm³/mol. The van der Waals surface area contributed by atoms with E-state index < -0.39 is 0 Å². The van der Waals surface area contributed by atoms with Gasteiger partial charge in [0.15, 0.2) is 11.0 Å². The molecule has 4 nitrogen and oxygen atoms in total. The summed E-state index contributed by atoms with van der Waals surface area (Å²) in [5.74, 6) is 0.645. The van der Waals surface area contributed by atoms with Crippen LogP contribution in [0.3, 0.4) is 0 Å². The summed E-state index contributed by atoms with van der Waals surface area (Å²) in [5, 5.41) is 3.53. The summed E-state index contributed by atoms with van der Waals surface area (Å²) < 4.78 is 4.94. The largest absolute Gasteiger partial charge is 0.385 e. The normalized spacial score (nSPS) is 10.1. The zero-order chi connectivity index (χ0) is 10.2. The highest BCUT2D eigenvalue weighted by Crippen LogP contribution is 2.13. The minimum absolute atomic E-state index is 0.416. The standard InChI is InChI=1S/C9H14ClN3O/c1-14-7-3-2-4-12-9-8(10)11-5-6-13-9/h5-6H,2-4,7H2,1H3,(H,12,13). The lowest BCUT2D eigenvalue weighted by Crippen LogP contribution is -2.05. The molecule has 5 heteroatoms. The van der Waals surface area contributed by atoms with Gasteiger partial charge in [0.2, 0.25) is 0 Å². The molecule has 0 aliphatic rings. The number of aromatic nitrogens is 2. The molecule has 0 saturated heterocycles. The van der Waals surface area contributed by atoms with Crippen molar-refractivity contribution in [3.8, 4) is 0 Å². The second-order valence-corrected chi connectivity index (χ2v) is 3.18. The molecule has 0 fully saturated rings. The average Bonchev–Trinajstić information content (AvgIpc) is 2.20. The van der Waals surface area contributed by atoms with Gasteiger partial charge >= 0.3 is 0 Å². The summed E-state index contributed by atoms with van der Waals surface area (Å²) >= 11 is 5.80. The van der Waals surface area contributed by atoms with Gasteiger partial charge in [0.05, 0.1) is 0 Å². The van der Waals surface area contributed by atoms with Gasteiger partial charge in [-0.05, 0) is 12.8 Å². The van der Waals surface area contributed by atoms with Crippen molar-refractivity contribution >= 4 is 17.4 Å². The van der Waals surface area contributed by atoms with E-state index in [1.807, 2.05) is 0 Å². The third-order valence-corrected chi connectivity index (χ3v) is 2.00. The number of halogens is 1. The molecule has 0 bridgehead atoms. The van der Waals surface area contributed by atoms with Gasteiger partial charge in [-0.25, -0.2) is 9.97 Å². The van der Waals surface area contributed by atoms with E-state index in [2.05, 4.69) is 15.3 Å². The Labute approximate surface area is 88.7 Å². The number of nitrogens with zero attached hydrogens (tertiary/aromatic N) is 2. The maximum Gasteiger partial charge on any atom is 0.171 e. The van der Waals surface area contributed by atoms with Crippen molar-refractivity contribution in [3.63, 3.8) is 0 Å². The zero-order valence-corrected chi connectivity index (χ0v) is 8.92. The number of anilines is 1. The van der Waals surface area contributed by atoms with E-state index in [0.29, 0.717) is 11.0 Å². The lowest BCUT2D eigenvalue weighted by atomic mass is 10.3. The van der Waals surface area contributed by atoms with E-state index >= 15 is 0 Å². The van der Waals surface area contributed by atoms with Gasteiger partial charge in [-0.1, -0.05) is 11.6 Å². The van der Waals surface area contributed by atoms with Crippen LogP contribution in [0.2, 0.25) is 5.15 Å². The van der Waals surface area contributed by atoms with Gasteiger partial charge in [-0.2, -0.15) is 0 Å². The Morgan fingerprint density at radius 3 is 2.86 bits per heavy atom. The van der Waals surface area contributed by atoms with Gasteiger partial charge in [0, 0.05) is 32.7 Å². The molecule has 0 aliphatic heterocycles. The Morgan fingerprint density at radius 1 is 1.36 bits per heavy atom. The minimum atomic E-state index is 0.416. The van der Waals surface area contributed by atoms with Crippen molar-refractivity contribution in [2.45, 2.75) is 12.8 Å². The van der Waals surface area contributed by atoms with Gasteiger partial charge in [0.25, 0.3) is 0 Å². The van der Waals surface area contributed by atoms with E-state index in [1.165, 1.54) is 0 Å². The number of hydrogen-bond donors (Lipinski definition) is 1. The topological polar surface area (TPSA) is 47.0 Å². The Hall–Kier alpha value is -0.870. The maximum absolute atomic E-state index is 5.80. The molecular formula is C9H14ClN3O. The first kappa shape index (κ1) is 11.2. The summed E-state index contributed by atoms with van der Waals surface area (Å²) in [6, 6.07) is 0. The van der Waals surface area contributed by atoms with Crippen molar-refractivity contribution in [2.24, 2.45) is 0 Å². The van der Waals surface area contributed by atoms with Crippen LogP contribution in [0.15, 0.2) is 12.4 Å². The van der Waals surface area contributed by atoms with E-state index in [0.717, 1.165) is 26.0 Å². The molecule has 1 heterocycles. The number of unbranched alkanes of at least 4 members (excludes halogenated alkanes) is 1. The monoisotopic (exact) mass is 215 g/mol. The molecule has 0 aromatic carbocycles. The van der Waals surface area contributed by atoms with Crippen molar-refractivity contribution in [1.29, 1.82) is 0 Å². The van der Waals surface area contributed by atoms with Crippen molar-refractivity contribution < 1.29 is 4.74 Å². The van der Waals surface area contributed by atoms with Crippen LogP contribution in [-0.2, 0) is 4.74 Å². The fourth-order valence-corrected chi connectivity index (χ4v) is 1.19. The highest BCUT2D eigenvalue weighted by molar-refractivity contribution is 6.31. The van der Waals surface area contributed by atoms with E-state index in [1.54, 1.807) is 19.5 Å². The van der Waals surface area contributed by atoms with Crippen LogP contribution in [0.5, 0.6) is 0 Å². The zero-order valence-electron chi connectivity index (χ0n) is 8.16. The molecule has 0 radical (unpaired) electrons. The molecule has 0 amide bonds. The molecule has 0 aliphatic carbocycles. The predicted octanol–water partition coefficient (Wildman–Crippen LogP) is 1.97. The average molecular weight is 216 g/mol. The Bertz CT molecular complexity index is 270. The molecule has 1 aromatic heterocycles. The number of hydrogen-bond acceptors (Lipinski definition) is 4. The Morgan fingerprint density at radius 2 is 2.14 bits per heavy atom. The third kappa shape index (κ3) is 3.89. The first-order valence-electron chi connectivity index (χ1n) is 4.54. The van der Waals surface area contributed by atoms with Crippen molar-refractivity contribution in [3.05, 3.63) is 17.5 Å². The molecule has 0 unspecified atom stereocenters. The van der Waals surface area contributed by atoms with Crippen molar-refractivity contribution in [1.82, 2.24) is 9.97 Å².